The van der Waals surface area contributed by atoms with Crippen LogP contribution >= 0.6 is 0 Å². The van der Waals surface area contributed by atoms with Crippen molar-refractivity contribution in [3.63, 3.8) is 0 Å². The summed E-state index contributed by atoms with van der Waals surface area (Å²) in [5.41, 5.74) is 6.70. The molecule has 1 aliphatic heterocycles. The molecule has 0 saturated heterocycles. The number of amides is 1. The van der Waals surface area contributed by atoms with Crippen molar-refractivity contribution in [2.24, 2.45) is 0 Å². The fraction of sp³-hybridized carbons (Fsp3) is 0.320. The van der Waals surface area contributed by atoms with Gasteiger partial charge in [0.1, 0.15) is 11.8 Å². The molecule has 0 saturated carbocycles. The summed E-state index contributed by atoms with van der Waals surface area (Å²) >= 11 is 0. The zero-order valence-electron chi connectivity index (χ0n) is 17.5. The summed E-state index contributed by atoms with van der Waals surface area (Å²) in [7, 11) is 0. The van der Waals surface area contributed by atoms with Gasteiger partial charge in [-0.25, -0.2) is 0 Å². The van der Waals surface area contributed by atoms with Crippen LogP contribution in [0, 0.1) is 6.92 Å². The fourth-order valence-corrected chi connectivity index (χ4v) is 5.17. The molecule has 1 atom stereocenters. The Morgan fingerprint density at radius 3 is 2.84 bits per heavy atom. The fourth-order valence-electron chi connectivity index (χ4n) is 5.17. The number of H-pyrrole nitrogens is 1. The van der Waals surface area contributed by atoms with Crippen molar-refractivity contribution in [2.75, 3.05) is 6.54 Å². The van der Waals surface area contributed by atoms with E-state index in [9.17, 15) is 4.79 Å². The Morgan fingerprint density at radius 2 is 1.94 bits per heavy atom. The minimum Gasteiger partial charge on any atom is -0.360 e. The molecule has 1 N–H and O–H groups in total. The monoisotopic (exact) mass is 412 g/mol. The lowest BCUT2D eigenvalue weighted by Gasteiger charge is -2.35. The van der Waals surface area contributed by atoms with Gasteiger partial charge in [0, 0.05) is 40.8 Å². The van der Waals surface area contributed by atoms with Gasteiger partial charge in [0.15, 0.2) is 5.69 Å². The zero-order chi connectivity index (χ0) is 20.9. The number of para-hydroxylation sites is 1. The van der Waals surface area contributed by atoms with Crippen molar-refractivity contribution < 1.29 is 9.32 Å². The number of aryl methyl sites for hydroxylation is 2. The first-order valence-corrected chi connectivity index (χ1v) is 11.0. The molecule has 0 unspecified atom stereocenters. The number of carbonyl (C=O) groups excluding carboxylic acids is 1. The van der Waals surface area contributed by atoms with Crippen LogP contribution in [0.1, 0.15) is 63.3 Å². The van der Waals surface area contributed by atoms with Gasteiger partial charge in [-0.3, -0.25) is 9.78 Å². The van der Waals surface area contributed by atoms with Crippen LogP contribution in [0.15, 0.2) is 47.0 Å². The van der Waals surface area contributed by atoms with Gasteiger partial charge < -0.3 is 14.4 Å². The van der Waals surface area contributed by atoms with Gasteiger partial charge in [0.05, 0.1) is 5.69 Å². The molecule has 1 aromatic carbocycles. The number of nitrogens with one attached hydrogen (secondary N) is 1. The first-order valence-electron chi connectivity index (χ1n) is 11.0. The van der Waals surface area contributed by atoms with E-state index < -0.39 is 0 Å². The summed E-state index contributed by atoms with van der Waals surface area (Å²) in [6.45, 7) is 2.61. The highest BCUT2D eigenvalue weighted by Gasteiger charge is 2.38. The second-order valence-electron chi connectivity index (χ2n) is 8.56. The summed E-state index contributed by atoms with van der Waals surface area (Å²) in [5, 5.41) is 5.44. The zero-order valence-corrected chi connectivity index (χ0v) is 17.5. The Bertz CT molecular complexity index is 1300. The van der Waals surface area contributed by atoms with E-state index in [4.69, 9.17) is 9.51 Å². The highest BCUT2D eigenvalue weighted by Crippen LogP contribution is 2.39. The van der Waals surface area contributed by atoms with Gasteiger partial charge in [-0.1, -0.05) is 29.4 Å². The number of aromatic amines is 1. The number of nitrogens with zero attached hydrogens (tertiary/aromatic N) is 3. The van der Waals surface area contributed by atoms with Gasteiger partial charge in [0.25, 0.3) is 5.91 Å². The van der Waals surface area contributed by atoms with Crippen molar-refractivity contribution in [1.29, 1.82) is 0 Å². The predicted octanol–water partition coefficient (Wildman–Crippen LogP) is 4.53. The van der Waals surface area contributed by atoms with Crippen LogP contribution in [0.25, 0.3) is 10.9 Å². The molecule has 6 nitrogen and oxygen atoms in total. The second kappa shape index (κ2) is 7.08. The SMILES string of the molecule is Cc1cccc([C@H]2c3[nH]c4ccccc4c3CCN2C(=O)c2noc3c2CCCC3)n1. The maximum atomic E-state index is 13.8. The first kappa shape index (κ1) is 18.4. The molecular weight excluding hydrogens is 388 g/mol. The minimum atomic E-state index is -0.278. The van der Waals surface area contributed by atoms with Crippen LogP contribution in [-0.2, 0) is 19.3 Å². The predicted molar refractivity (Wildman–Crippen MR) is 117 cm³/mol. The maximum Gasteiger partial charge on any atom is 0.277 e. The molecule has 4 heterocycles. The molecule has 31 heavy (non-hydrogen) atoms. The van der Waals surface area contributed by atoms with E-state index in [1.165, 1.54) is 10.9 Å². The molecule has 0 bridgehead atoms. The lowest BCUT2D eigenvalue weighted by atomic mass is 9.92. The van der Waals surface area contributed by atoms with E-state index in [-0.39, 0.29) is 11.9 Å². The van der Waals surface area contributed by atoms with Crippen LogP contribution in [0.5, 0.6) is 0 Å². The van der Waals surface area contributed by atoms with Crippen molar-refractivity contribution in [3.8, 4) is 0 Å². The topological polar surface area (TPSA) is 75.0 Å². The number of aromatic nitrogens is 3. The number of hydrogen-bond acceptors (Lipinski definition) is 4. The van der Waals surface area contributed by atoms with Gasteiger partial charge in [0.2, 0.25) is 0 Å². The van der Waals surface area contributed by atoms with Crippen molar-refractivity contribution in [1.82, 2.24) is 20.0 Å². The molecule has 4 aromatic rings. The summed E-state index contributed by atoms with van der Waals surface area (Å²) < 4.78 is 5.56. The molecule has 156 valence electrons. The largest absolute Gasteiger partial charge is 0.360 e. The smallest absolute Gasteiger partial charge is 0.277 e. The van der Waals surface area contributed by atoms with E-state index in [1.807, 2.05) is 36.1 Å². The van der Waals surface area contributed by atoms with Crippen LogP contribution in [-0.4, -0.2) is 32.5 Å². The van der Waals surface area contributed by atoms with E-state index in [2.05, 4.69) is 28.3 Å². The van der Waals surface area contributed by atoms with Crippen LogP contribution in [0.2, 0.25) is 0 Å². The summed E-state index contributed by atoms with van der Waals surface area (Å²) in [6.07, 6.45) is 4.69. The van der Waals surface area contributed by atoms with Gasteiger partial charge in [-0.15, -0.1) is 0 Å². The van der Waals surface area contributed by atoms with Crippen LogP contribution in [0.3, 0.4) is 0 Å². The molecule has 1 amide bonds. The lowest BCUT2D eigenvalue weighted by Crippen LogP contribution is -2.41. The standard InChI is InChI=1S/C25H24N4O2/c1-15-7-6-11-20(26-15)24-22-17(16-8-2-4-10-19(16)27-22)13-14-29(24)25(30)23-18-9-3-5-12-21(18)31-28-23/h2,4,6-8,10-11,24,27H,3,5,9,12-14H2,1H3/t24-/m0/s1. The molecular formula is C25H24N4O2. The third-order valence-corrected chi connectivity index (χ3v) is 6.64. The number of benzene rings is 1. The first-order chi connectivity index (χ1) is 15.2. The number of carbonyl (C=O) groups is 1. The summed E-state index contributed by atoms with van der Waals surface area (Å²) in [6, 6.07) is 14.1. The number of pyridine rings is 1. The van der Waals surface area contributed by atoms with E-state index in [0.29, 0.717) is 12.2 Å². The number of fused-ring (bicyclic) bond motifs is 4. The Labute approximate surface area is 180 Å². The van der Waals surface area contributed by atoms with Gasteiger partial charge in [-0.05, 0) is 56.4 Å². The molecule has 1 aliphatic carbocycles. The Morgan fingerprint density at radius 1 is 1.06 bits per heavy atom. The van der Waals surface area contributed by atoms with E-state index in [1.54, 1.807) is 0 Å². The van der Waals surface area contributed by atoms with Gasteiger partial charge >= 0.3 is 0 Å². The molecule has 6 heteroatoms. The molecule has 0 spiro atoms. The molecule has 0 fully saturated rings. The van der Waals surface area contributed by atoms with E-state index in [0.717, 1.165) is 66.0 Å². The van der Waals surface area contributed by atoms with Crippen LogP contribution < -0.4 is 0 Å². The highest BCUT2D eigenvalue weighted by atomic mass is 16.5. The highest BCUT2D eigenvalue weighted by molar-refractivity contribution is 5.95. The van der Waals surface area contributed by atoms with E-state index >= 15 is 0 Å². The lowest BCUT2D eigenvalue weighted by molar-refractivity contribution is 0.0677. The third-order valence-electron chi connectivity index (χ3n) is 6.64. The van der Waals surface area contributed by atoms with Crippen LogP contribution in [0.4, 0.5) is 0 Å². The quantitative estimate of drug-likeness (QED) is 0.525. The molecule has 0 radical (unpaired) electrons. The van der Waals surface area contributed by atoms with Gasteiger partial charge in [-0.2, -0.15) is 0 Å². The maximum absolute atomic E-state index is 13.8. The average Bonchev–Trinajstić information content (AvgIpc) is 3.39. The summed E-state index contributed by atoms with van der Waals surface area (Å²) in [5.74, 6) is 0.813. The molecule has 2 aliphatic rings. The third kappa shape index (κ3) is 2.89. The normalized spacial score (nSPS) is 18.1. The summed E-state index contributed by atoms with van der Waals surface area (Å²) in [4.78, 5) is 24.1. The molecule has 6 rings (SSSR count). The van der Waals surface area contributed by atoms with Crippen molar-refractivity contribution in [3.05, 3.63) is 82.1 Å². The minimum absolute atomic E-state index is 0.0653. The number of rotatable bonds is 2. The Hall–Kier alpha value is -3.41. The average molecular weight is 412 g/mol. The Balaban J connectivity index is 1.50. The van der Waals surface area contributed by atoms with Crippen molar-refractivity contribution >= 4 is 16.8 Å². The van der Waals surface area contributed by atoms with Crippen molar-refractivity contribution in [2.45, 2.75) is 45.1 Å². The second-order valence-corrected chi connectivity index (χ2v) is 8.56. The molecule has 3 aromatic heterocycles. The number of hydrogen-bond donors (Lipinski definition) is 1. The Kier molecular flexibility index (Phi) is 4.19.